The first-order valence-corrected chi connectivity index (χ1v) is 8.82. The molecule has 3 nitrogen and oxygen atoms in total. The van der Waals surface area contributed by atoms with Crippen LogP contribution in [0.5, 0.6) is 5.75 Å². The summed E-state index contributed by atoms with van der Waals surface area (Å²) in [6, 6.07) is 25.7. The molecule has 3 rings (SSSR count). The molecule has 3 aromatic carbocycles. The maximum absolute atomic E-state index is 12.3. The highest BCUT2D eigenvalue weighted by Crippen LogP contribution is 2.30. The molecule has 0 atom stereocenters. The fraction of sp³-hybridized carbons (Fsp3) is 0.0526. The highest BCUT2D eigenvalue weighted by molar-refractivity contribution is 7.86. The number of benzene rings is 3. The van der Waals surface area contributed by atoms with Gasteiger partial charge in [-0.2, -0.15) is 8.42 Å². The molecule has 0 saturated heterocycles. The van der Waals surface area contributed by atoms with E-state index in [4.69, 9.17) is 4.18 Å². The minimum Gasteiger partial charge on any atom is -0.382 e. The SMILES string of the molecule is O=S(=O)(Cc1ccccc1)Oc1ccccc1-c1ccccc1. The molecule has 0 N–H and O–H groups in total. The van der Waals surface area contributed by atoms with Gasteiger partial charge in [-0.3, -0.25) is 0 Å². The van der Waals surface area contributed by atoms with Gasteiger partial charge in [0.1, 0.15) is 11.5 Å². The van der Waals surface area contributed by atoms with E-state index in [1.165, 1.54) is 0 Å². The highest BCUT2D eigenvalue weighted by Gasteiger charge is 2.16. The van der Waals surface area contributed by atoms with Gasteiger partial charge < -0.3 is 4.18 Å². The molecule has 3 aromatic rings. The molecule has 0 fully saturated rings. The lowest BCUT2D eigenvalue weighted by atomic mass is 10.1. The van der Waals surface area contributed by atoms with Crippen molar-refractivity contribution in [3.63, 3.8) is 0 Å². The normalized spacial score (nSPS) is 11.1. The molecule has 0 unspecified atom stereocenters. The largest absolute Gasteiger partial charge is 0.382 e. The van der Waals surface area contributed by atoms with Crippen molar-refractivity contribution >= 4 is 10.1 Å². The van der Waals surface area contributed by atoms with Crippen LogP contribution in [0.2, 0.25) is 0 Å². The third kappa shape index (κ3) is 3.99. The summed E-state index contributed by atoms with van der Waals surface area (Å²) in [5, 5.41) is 0. The Morgan fingerprint density at radius 2 is 1.26 bits per heavy atom. The monoisotopic (exact) mass is 324 g/mol. The van der Waals surface area contributed by atoms with Gasteiger partial charge in [0.25, 0.3) is 0 Å². The van der Waals surface area contributed by atoms with Gasteiger partial charge in [0, 0.05) is 5.56 Å². The summed E-state index contributed by atoms with van der Waals surface area (Å²) in [6.45, 7) is 0. The van der Waals surface area contributed by atoms with E-state index in [0.717, 1.165) is 11.1 Å². The minimum absolute atomic E-state index is 0.156. The van der Waals surface area contributed by atoms with Crippen LogP contribution in [0, 0.1) is 0 Å². The van der Waals surface area contributed by atoms with Crippen LogP contribution in [0.25, 0.3) is 11.1 Å². The van der Waals surface area contributed by atoms with Crippen molar-refractivity contribution < 1.29 is 12.6 Å². The molecule has 4 heteroatoms. The Labute approximate surface area is 136 Å². The fourth-order valence-corrected chi connectivity index (χ4v) is 3.42. The van der Waals surface area contributed by atoms with Gasteiger partial charge in [-0.15, -0.1) is 0 Å². The summed E-state index contributed by atoms with van der Waals surface area (Å²) >= 11 is 0. The van der Waals surface area contributed by atoms with Crippen molar-refractivity contribution in [3.8, 4) is 16.9 Å². The first-order chi connectivity index (χ1) is 11.1. The van der Waals surface area contributed by atoms with E-state index in [1.54, 1.807) is 24.3 Å². The lowest BCUT2D eigenvalue weighted by Gasteiger charge is -2.11. The molecule has 0 heterocycles. The molecule has 116 valence electrons. The summed E-state index contributed by atoms with van der Waals surface area (Å²) in [5.41, 5.74) is 2.37. The molecule has 0 radical (unpaired) electrons. The Balaban J connectivity index is 1.89. The molecule has 0 aliphatic heterocycles. The Bertz CT molecular complexity index is 873. The maximum Gasteiger partial charge on any atom is 0.313 e. The van der Waals surface area contributed by atoms with Gasteiger partial charge in [-0.25, -0.2) is 0 Å². The van der Waals surface area contributed by atoms with Crippen LogP contribution in [0.1, 0.15) is 5.56 Å². The third-order valence-electron chi connectivity index (χ3n) is 3.37. The van der Waals surface area contributed by atoms with E-state index in [1.807, 2.05) is 60.7 Å². The quantitative estimate of drug-likeness (QED) is 0.659. The van der Waals surface area contributed by atoms with E-state index in [2.05, 4.69) is 0 Å². The van der Waals surface area contributed by atoms with E-state index in [-0.39, 0.29) is 5.75 Å². The van der Waals surface area contributed by atoms with Crippen molar-refractivity contribution in [2.24, 2.45) is 0 Å². The zero-order valence-corrected chi connectivity index (χ0v) is 13.2. The molecular formula is C19H16O3S. The maximum atomic E-state index is 12.3. The van der Waals surface area contributed by atoms with Crippen molar-refractivity contribution in [2.45, 2.75) is 5.75 Å². The average Bonchev–Trinajstić information content (AvgIpc) is 2.56. The van der Waals surface area contributed by atoms with E-state index in [0.29, 0.717) is 11.3 Å². The van der Waals surface area contributed by atoms with Crippen LogP contribution in [0.3, 0.4) is 0 Å². The van der Waals surface area contributed by atoms with Crippen LogP contribution < -0.4 is 4.18 Å². The Kier molecular flexibility index (Phi) is 4.44. The number of para-hydroxylation sites is 1. The van der Waals surface area contributed by atoms with Gasteiger partial charge in [0.2, 0.25) is 0 Å². The smallest absolute Gasteiger partial charge is 0.313 e. The van der Waals surface area contributed by atoms with Gasteiger partial charge >= 0.3 is 10.1 Å². The lowest BCUT2D eigenvalue weighted by molar-refractivity contribution is 0.486. The molecular weight excluding hydrogens is 308 g/mol. The van der Waals surface area contributed by atoms with Gasteiger partial charge in [-0.05, 0) is 17.2 Å². The minimum atomic E-state index is -3.72. The first-order valence-electron chi connectivity index (χ1n) is 7.25. The van der Waals surface area contributed by atoms with Crippen molar-refractivity contribution in [2.75, 3.05) is 0 Å². The zero-order valence-electron chi connectivity index (χ0n) is 12.4. The summed E-state index contributed by atoms with van der Waals surface area (Å²) in [7, 11) is -3.72. The molecule has 0 spiro atoms. The number of hydrogen-bond donors (Lipinski definition) is 0. The van der Waals surface area contributed by atoms with Crippen molar-refractivity contribution in [1.29, 1.82) is 0 Å². The summed E-state index contributed by atoms with van der Waals surface area (Å²) in [6.07, 6.45) is 0. The molecule has 0 amide bonds. The van der Waals surface area contributed by atoms with E-state index in [9.17, 15) is 8.42 Å². The Morgan fingerprint density at radius 1 is 0.696 bits per heavy atom. The first kappa shape index (κ1) is 15.3. The van der Waals surface area contributed by atoms with Crippen LogP contribution in [-0.4, -0.2) is 8.42 Å². The van der Waals surface area contributed by atoms with Crippen LogP contribution in [0.4, 0.5) is 0 Å². The molecule has 0 aliphatic rings. The zero-order chi connectivity index (χ0) is 16.1. The van der Waals surface area contributed by atoms with Crippen LogP contribution in [-0.2, 0) is 15.9 Å². The Hall–Kier alpha value is -2.59. The lowest BCUT2D eigenvalue weighted by Crippen LogP contribution is -2.12. The molecule has 0 aliphatic carbocycles. The van der Waals surface area contributed by atoms with Crippen molar-refractivity contribution in [3.05, 3.63) is 90.5 Å². The standard InChI is InChI=1S/C19H16O3S/c20-23(21,15-16-9-3-1-4-10-16)22-19-14-8-7-13-18(19)17-11-5-2-6-12-17/h1-14H,15H2. The van der Waals surface area contributed by atoms with Gasteiger partial charge in [-0.1, -0.05) is 78.9 Å². The molecule has 23 heavy (non-hydrogen) atoms. The van der Waals surface area contributed by atoms with Crippen LogP contribution in [0.15, 0.2) is 84.9 Å². The molecule has 0 saturated carbocycles. The summed E-state index contributed by atoms with van der Waals surface area (Å²) in [5.74, 6) is 0.186. The Morgan fingerprint density at radius 3 is 1.96 bits per heavy atom. The number of rotatable bonds is 5. The highest BCUT2D eigenvalue weighted by atomic mass is 32.2. The predicted octanol–water partition coefficient (Wildman–Crippen LogP) is 4.26. The van der Waals surface area contributed by atoms with E-state index < -0.39 is 10.1 Å². The van der Waals surface area contributed by atoms with Gasteiger partial charge in [0.05, 0.1) is 0 Å². The third-order valence-corrected chi connectivity index (χ3v) is 4.50. The number of hydrogen-bond acceptors (Lipinski definition) is 3. The van der Waals surface area contributed by atoms with Crippen molar-refractivity contribution in [1.82, 2.24) is 0 Å². The molecule has 0 bridgehead atoms. The topological polar surface area (TPSA) is 43.4 Å². The second kappa shape index (κ2) is 6.67. The van der Waals surface area contributed by atoms with Gasteiger partial charge in [0.15, 0.2) is 0 Å². The van der Waals surface area contributed by atoms with E-state index >= 15 is 0 Å². The predicted molar refractivity (Wildman–Crippen MR) is 91.6 cm³/mol. The molecule has 0 aromatic heterocycles. The second-order valence-electron chi connectivity index (χ2n) is 5.13. The summed E-state index contributed by atoms with van der Waals surface area (Å²) < 4.78 is 30.0. The fourth-order valence-electron chi connectivity index (χ4n) is 2.34. The average molecular weight is 324 g/mol. The van der Waals surface area contributed by atoms with Crippen LogP contribution >= 0.6 is 0 Å². The second-order valence-corrected chi connectivity index (χ2v) is 6.70. The summed E-state index contributed by atoms with van der Waals surface area (Å²) in [4.78, 5) is 0.